The van der Waals surface area contributed by atoms with Crippen LogP contribution in [0.4, 0.5) is 10.6 Å². The molecular formula is C18H21N5O3. The van der Waals surface area contributed by atoms with Crippen LogP contribution in [-0.2, 0) is 0 Å². The summed E-state index contributed by atoms with van der Waals surface area (Å²) in [5.74, 6) is 0.737. The molecule has 1 aromatic heterocycles. The van der Waals surface area contributed by atoms with Crippen LogP contribution in [0.5, 0.6) is 5.75 Å². The number of nitrogens with one attached hydrogen (secondary N) is 2. The van der Waals surface area contributed by atoms with Crippen molar-refractivity contribution >= 4 is 28.5 Å². The number of rotatable bonds is 4. The van der Waals surface area contributed by atoms with Crippen molar-refractivity contribution in [2.45, 2.75) is 32.0 Å². The average Bonchev–Trinajstić information content (AvgIpc) is 3.10. The lowest BCUT2D eigenvalue weighted by atomic mass is 10.1. The standard InChI is InChI=1S/C18H21N5O3/c1-9(2)26-15-6-11-10(5-12(15)16(19)24)3-4-20-17(11)23-7-13-14(8-23)22-18(25)21-13/h3-6,9,13-14H,7-8H2,1-2H3,(H2,19,24)(H2,21,22,25). The van der Waals surface area contributed by atoms with E-state index in [1.165, 1.54) is 0 Å². The minimum absolute atomic E-state index is 0.0656. The van der Waals surface area contributed by atoms with Crippen molar-refractivity contribution in [3.05, 3.63) is 30.0 Å². The molecule has 0 aliphatic carbocycles. The Morgan fingerprint density at radius 2 is 2.00 bits per heavy atom. The maximum Gasteiger partial charge on any atom is 0.315 e. The van der Waals surface area contributed by atoms with Crippen LogP contribution < -0.4 is 26.0 Å². The van der Waals surface area contributed by atoms with E-state index in [1.54, 1.807) is 12.3 Å². The first-order valence-corrected chi connectivity index (χ1v) is 8.63. The summed E-state index contributed by atoms with van der Waals surface area (Å²) in [6.45, 7) is 5.14. The van der Waals surface area contributed by atoms with Crippen LogP contribution in [0.25, 0.3) is 10.8 Å². The van der Waals surface area contributed by atoms with E-state index in [0.29, 0.717) is 24.4 Å². The van der Waals surface area contributed by atoms with Gasteiger partial charge in [-0.1, -0.05) is 0 Å². The van der Waals surface area contributed by atoms with Crippen molar-refractivity contribution in [1.29, 1.82) is 0 Å². The molecule has 8 heteroatoms. The summed E-state index contributed by atoms with van der Waals surface area (Å²) in [5.41, 5.74) is 5.88. The number of urea groups is 1. The van der Waals surface area contributed by atoms with Crippen molar-refractivity contribution in [1.82, 2.24) is 15.6 Å². The molecular weight excluding hydrogens is 334 g/mol. The van der Waals surface area contributed by atoms with E-state index in [9.17, 15) is 9.59 Å². The Morgan fingerprint density at radius 3 is 2.62 bits per heavy atom. The molecule has 0 spiro atoms. The molecule has 2 atom stereocenters. The minimum atomic E-state index is -0.525. The second-order valence-electron chi connectivity index (χ2n) is 6.97. The van der Waals surface area contributed by atoms with Gasteiger partial charge in [-0.3, -0.25) is 4.79 Å². The monoisotopic (exact) mass is 355 g/mol. The van der Waals surface area contributed by atoms with Crippen LogP contribution in [-0.4, -0.2) is 48.2 Å². The summed E-state index contributed by atoms with van der Waals surface area (Å²) in [7, 11) is 0. The van der Waals surface area contributed by atoms with Gasteiger partial charge in [-0.25, -0.2) is 9.78 Å². The highest BCUT2D eigenvalue weighted by Crippen LogP contribution is 2.33. The summed E-state index contributed by atoms with van der Waals surface area (Å²) in [6, 6.07) is 5.44. The Balaban J connectivity index is 1.76. The van der Waals surface area contributed by atoms with Gasteiger partial charge < -0.3 is 26.0 Å². The highest BCUT2D eigenvalue weighted by molar-refractivity contribution is 6.03. The predicted molar refractivity (Wildman–Crippen MR) is 97.5 cm³/mol. The highest BCUT2D eigenvalue weighted by atomic mass is 16.5. The number of nitrogens with two attached hydrogens (primary N) is 1. The molecule has 2 saturated heterocycles. The number of hydrogen-bond donors (Lipinski definition) is 3. The Hall–Kier alpha value is -3.03. The number of ether oxygens (including phenoxy) is 1. The predicted octanol–water partition coefficient (Wildman–Crippen LogP) is 0.991. The van der Waals surface area contributed by atoms with Gasteiger partial charge in [0.2, 0.25) is 0 Å². The number of amides is 3. The van der Waals surface area contributed by atoms with Crippen LogP contribution in [0.3, 0.4) is 0 Å². The molecule has 2 aliphatic rings. The molecule has 1 aromatic carbocycles. The van der Waals surface area contributed by atoms with E-state index < -0.39 is 5.91 Å². The lowest BCUT2D eigenvalue weighted by Crippen LogP contribution is -2.34. The summed E-state index contributed by atoms with van der Waals surface area (Å²) in [5, 5.41) is 7.60. The number of pyridine rings is 1. The molecule has 8 nitrogen and oxygen atoms in total. The summed E-state index contributed by atoms with van der Waals surface area (Å²) >= 11 is 0. The average molecular weight is 355 g/mol. The SMILES string of the molecule is CC(C)Oc1cc2c(N3CC4NC(=O)NC4C3)nccc2cc1C(N)=O. The fourth-order valence-corrected chi connectivity index (χ4v) is 3.63. The zero-order valence-corrected chi connectivity index (χ0v) is 14.7. The summed E-state index contributed by atoms with van der Waals surface area (Å²) in [6.07, 6.45) is 1.63. The Morgan fingerprint density at radius 1 is 1.31 bits per heavy atom. The number of anilines is 1. The number of aromatic nitrogens is 1. The van der Waals surface area contributed by atoms with Crippen LogP contribution in [0, 0.1) is 0 Å². The molecule has 2 aliphatic heterocycles. The number of carbonyl (C=O) groups excluding carboxylic acids is 2. The largest absolute Gasteiger partial charge is 0.490 e. The molecule has 26 heavy (non-hydrogen) atoms. The zero-order chi connectivity index (χ0) is 18.4. The van der Waals surface area contributed by atoms with Gasteiger partial charge in [0.05, 0.1) is 23.8 Å². The van der Waals surface area contributed by atoms with Crippen LogP contribution in [0.2, 0.25) is 0 Å². The van der Waals surface area contributed by atoms with Gasteiger partial charge in [-0.2, -0.15) is 0 Å². The molecule has 3 amide bonds. The van der Waals surface area contributed by atoms with E-state index in [0.717, 1.165) is 16.6 Å². The number of primary amides is 1. The molecule has 2 unspecified atom stereocenters. The third-order valence-electron chi connectivity index (χ3n) is 4.72. The molecule has 2 fully saturated rings. The number of carbonyl (C=O) groups is 2. The normalized spacial score (nSPS) is 21.7. The number of benzene rings is 1. The van der Waals surface area contributed by atoms with Crippen LogP contribution in [0.1, 0.15) is 24.2 Å². The molecule has 4 N–H and O–H groups in total. The Kier molecular flexibility index (Phi) is 3.82. The van der Waals surface area contributed by atoms with Crippen LogP contribution >= 0.6 is 0 Å². The third-order valence-corrected chi connectivity index (χ3v) is 4.72. The third kappa shape index (κ3) is 2.77. The first kappa shape index (κ1) is 16.4. The molecule has 3 heterocycles. The molecule has 2 aromatic rings. The summed E-state index contributed by atoms with van der Waals surface area (Å²) in [4.78, 5) is 29.9. The second kappa shape index (κ2) is 6.05. The quantitative estimate of drug-likeness (QED) is 0.758. The van der Waals surface area contributed by atoms with Gasteiger partial charge in [0, 0.05) is 24.7 Å². The maximum absolute atomic E-state index is 11.8. The molecule has 0 bridgehead atoms. The lowest BCUT2D eigenvalue weighted by molar-refractivity contribution is 0.0994. The first-order valence-electron chi connectivity index (χ1n) is 8.63. The van der Waals surface area contributed by atoms with Crippen molar-refractivity contribution in [3.8, 4) is 5.75 Å². The topological polar surface area (TPSA) is 110 Å². The maximum atomic E-state index is 11.8. The fourth-order valence-electron chi connectivity index (χ4n) is 3.63. The number of nitrogens with zero attached hydrogens (tertiary/aromatic N) is 2. The Bertz CT molecular complexity index is 882. The number of hydrogen-bond acceptors (Lipinski definition) is 5. The van der Waals surface area contributed by atoms with Crippen molar-refractivity contribution < 1.29 is 14.3 Å². The van der Waals surface area contributed by atoms with Gasteiger partial charge in [-0.15, -0.1) is 0 Å². The fraction of sp³-hybridized carbons (Fsp3) is 0.389. The van der Waals surface area contributed by atoms with E-state index in [2.05, 4.69) is 20.5 Å². The molecule has 0 saturated carbocycles. The van der Waals surface area contributed by atoms with Crippen molar-refractivity contribution in [2.75, 3.05) is 18.0 Å². The van der Waals surface area contributed by atoms with E-state index in [4.69, 9.17) is 10.5 Å². The Labute approximate surface area is 150 Å². The smallest absolute Gasteiger partial charge is 0.315 e. The van der Waals surface area contributed by atoms with E-state index >= 15 is 0 Å². The lowest BCUT2D eigenvalue weighted by Gasteiger charge is -2.21. The molecule has 0 radical (unpaired) electrons. The summed E-state index contributed by atoms with van der Waals surface area (Å²) < 4.78 is 5.80. The van der Waals surface area contributed by atoms with E-state index in [1.807, 2.05) is 26.0 Å². The number of fused-ring (bicyclic) bond motifs is 2. The molecule has 136 valence electrons. The zero-order valence-electron chi connectivity index (χ0n) is 14.7. The minimum Gasteiger partial charge on any atom is -0.490 e. The highest BCUT2D eigenvalue weighted by Gasteiger charge is 2.40. The van der Waals surface area contributed by atoms with Gasteiger partial charge in [0.1, 0.15) is 11.6 Å². The van der Waals surface area contributed by atoms with Crippen molar-refractivity contribution in [2.24, 2.45) is 5.73 Å². The van der Waals surface area contributed by atoms with Gasteiger partial charge in [-0.05, 0) is 37.4 Å². The van der Waals surface area contributed by atoms with Crippen molar-refractivity contribution in [3.63, 3.8) is 0 Å². The van der Waals surface area contributed by atoms with E-state index in [-0.39, 0.29) is 24.2 Å². The first-order chi connectivity index (χ1) is 12.4. The molecule has 4 rings (SSSR count). The van der Waals surface area contributed by atoms with Gasteiger partial charge >= 0.3 is 6.03 Å². The second-order valence-corrected chi connectivity index (χ2v) is 6.97. The van der Waals surface area contributed by atoms with Gasteiger partial charge in [0.25, 0.3) is 5.91 Å². The van der Waals surface area contributed by atoms with Crippen LogP contribution in [0.15, 0.2) is 24.4 Å². The van der Waals surface area contributed by atoms with Gasteiger partial charge in [0.15, 0.2) is 0 Å².